The second-order valence-corrected chi connectivity index (χ2v) is 16.4. The van der Waals surface area contributed by atoms with Gasteiger partial charge in [-0.3, -0.25) is 19.2 Å². The van der Waals surface area contributed by atoms with Gasteiger partial charge in [-0.1, -0.05) is 36.4 Å². The molecule has 5 atom stereocenters. The standard InChI is InChI=1S/C48H49N7O9/c1-25(49)44(56)51-26(2)45(57)52-31-14-27(23-63-42-20-35-33(18-40(42)61-3)47(59)54-32(22-50-35)16-29-9-5-7-11-37(29)54)13-28(15-31)24-64-43-21-36-34(19-41(43)62-4)48(60)55-38-12-8-6-10-30(38)17-39(55)46(58)53-36/h5-15,18-21,25-26,32,39,46,50,53,58H,16-17,22-24,49H2,1-4H3,(H,51,56)(H,52,57)/t25-,26-,32-,39-,46?/m0/s1. The van der Waals surface area contributed by atoms with Crippen LogP contribution in [0.1, 0.15) is 56.8 Å². The first-order valence-corrected chi connectivity index (χ1v) is 21.1. The summed E-state index contributed by atoms with van der Waals surface area (Å²) in [6, 6.07) is 25.3. The van der Waals surface area contributed by atoms with Crippen molar-refractivity contribution in [1.29, 1.82) is 0 Å². The van der Waals surface area contributed by atoms with Crippen LogP contribution in [0.3, 0.4) is 0 Å². The number of carbonyl (C=O) groups is 4. The SMILES string of the molecule is COc1cc2c(cc1OCc1cc(COc3cc4c(cc3OC)C(=O)N3c5ccccc5C[C@H]3C(O)N4)cc(NC(=O)[C@H](C)NC(=O)[C@H](C)N)c1)NC[C@@H]1Cc3ccccc3N1C2=O. The van der Waals surface area contributed by atoms with Gasteiger partial charge in [0.1, 0.15) is 25.5 Å². The van der Waals surface area contributed by atoms with Gasteiger partial charge in [-0.25, -0.2) is 0 Å². The number of benzene rings is 5. The number of hydrogen-bond donors (Lipinski definition) is 6. The molecule has 0 spiro atoms. The van der Waals surface area contributed by atoms with Crippen LogP contribution in [-0.2, 0) is 35.6 Å². The summed E-state index contributed by atoms with van der Waals surface area (Å²) >= 11 is 0. The summed E-state index contributed by atoms with van der Waals surface area (Å²) in [7, 11) is 2.99. The quantitative estimate of drug-likeness (QED) is 0.0985. The number of para-hydroxylation sites is 2. The van der Waals surface area contributed by atoms with E-state index in [9.17, 15) is 24.3 Å². The second kappa shape index (κ2) is 17.1. The number of methoxy groups -OCH3 is 2. The summed E-state index contributed by atoms with van der Waals surface area (Å²) in [5.74, 6) is 0.00105. The average molecular weight is 868 g/mol. The lowest BCUT2D eigenvalue weighted by Crippen LogP contribution is -2.47. The predicted octanol–water partition coefficient (Wildman–Crippen LogP) is 4.96. The molecule has 5 aromatic carbocycles. The van der Waals surface area contributed by atoms with E-state index in [1.54, 1.807) is 48.2 Å². The molecule has 4 aliphatic heterocycles. The van der Waals surface area contributed by atoms with E-state index >= 15 is 0 Å². The number of aliphatic hydroxyl groups is 1. The van der Waals surface area contributed by atoms with Gasteiger partial charge in [0.15, 0.2) is 23.0 Å². The van der Waals surface area contributed by atoms with Gasteiger partial charge in [-0.15, -0.1) is 0 Å². The molecule has 0 bridgehead atoms. The van der Waals surface area contributed by atoms with Gasteiger partial charge in [-0.2, -0.15) is 0 Å². The highest BCUT2D eigenvalue weighted by atomic mass is 16.5. The molecule has 9 rings (SSSR count). The Morgan fingerprint density at radius 2 is 1.31 bits per heavy atom. The molecule has 7 N–H and O–H groups in total. The number of amides is 4. The van der Waals surface area contributed by atoms with Crippen LogP contribution in [0.25, 0.3) is 0 Å². The van der Waals surface area contributed by atoms with Crippen molar-refractivity contribution in [2.24, 2.45) is 5.73 Å². The molecule has 64 heavy (non-hydrogen) atoms. The zero-order valence-electron chi connectivity index (χ0n) is 35.8. The van der Waals surface area contributed by atoms with Gasteiger partial charge in [0, 0.05) is 35.7 Å². The third-order valence-electron chi connectivity index (χ3n) is 12.1. The van der Waals surface area contributed by atoms with Crippen LogP contribution in [0.2, 0.25) is 0 Å². The minimum absolute atomic E-state index is 0.0174. The second-order valence-electron chi connectivity index (χ2n) is 16.4. The van der Waals surface area contributed by atoms with Gasteiger partial charge < -0.3 is 60.9 Å². The Hall–Kier alpha value is -7.30. The molecule has 0 saturated heterocycles. The maximum atomic E-state index is 14.0. The normalized spacial score (nSPS) is 18.8. The molecule has 4 amide bonds. The van der Waals surface area contributed by atoms with Crippen molar-refractivity contribution in [3.8, 4) is 23.0 Å². The highest BCUT2D eigenvalue weighted by molar-refractivity contribution is 6.13. The number of nitrogens with one attached hydrogen (secondary N) is 4. The molecule has 4 heterocycles. The first kappa shape index (κ1) is 42.0. The monoisotopic (exact) mass is 867 g/mol. The summed E-state index contributed by atoms with van der Waals surface area (Å²) < 4.78 is 24.2. The van der Waals surface area contributed by atoms with Crippen LogP contribution in [0.5, 0.6) is 23.0 Å². The highest BCUT2D eigenvalue weighted by Gasteiger charge is 2.42. The average Bonchev–Trinajstić information content (AvgIpc) is 3.81. The summed E-state index contributed by atoms with van der Waals surface area (Å²) in [5.41, 5.74) is 12.9. The lowest BCUT2D eigenvalue weighted by molar-refractivity contribution is -0.126. The van der Waals surface area contributed by atoms with Gasteiger partial charge in [0.25, 0.3) is 11.8 Å². The topological polar surface area (TPSA) is 206 Å². The number of carbonyl (C=O) groups excluding carboxylic acids is 4. The number of anilines is 5. The molecule has 4 aliphatic rings. The number of ether oxygens (including phenoxy) is 4. The van der Waals surface area contributed by atoms with Crippen molar-refractivity contribution in [3.63, 3.8) is 0 Å². The number of fused-ring (bicyclic) bond motifs is 8. The Morgan fingerprint density at radius 3 is 1.94 bits per heavy atom. The van der Waals surface area contributed by atoms with Gasteiger partial charge >= 0.3 is 0 Å². The maximum Gasteiger partial charge on any atom is 0.260 e. The fourth-order valence-corrected chi connectivity index (χ4v) is 8.84. The highest BCUT2D eigenvalue weighted by Crippen LogP contribution is 2.43. The Kier molecular flexibility index (Phi) is 11.2. The largest absolute Gasteiger partial charge is 0.493 e. The van der Waals surface area contributed by atoms with Gasteiger partial charge in [-0.05, 0) is 91.4 Å². The summed E-state index contributed by atoms with van der Waals surface area (Å²) in [5, 5.41) is 23.4. The van der Waals surface area contributed by atoms with Crippen molar-refractivity contribution >= 4 is 52.1 Å². The van der Waals surface area contributed by atoms with Crippen LogP contribution < -0.4 is 55.7 Å². The molecule has 0 fully saturated rings. The zero-order chi connectivity index (χ0) is 44.8. The fourth-order valence-electron chi connectivity index (χ4n) is 8.84. The third-order valence-corrected chi connectivity index (χ3v) is 12.1. The molecule has 0 aliphatic carbocycles. The molecule has 16 nitrogen and oxygen atoms in total. The van der Waals surface area contributed by atoms with Crippen LogP contribution in [-0.4, -0.2) is 79.9 Å². The molecular weight excluding hydrogens is 819 g/mol. The molecule has 1 unspecified atom stereocenters. The molecule has 330 valence electrons. The number of nitrogens with zero attached hydrogens (tertiary/aromatic N) is 2. The number of aliphatic hydroxyl groups excluding tert-OH is 1. The van der Waals surface area contributed by atoms with E-state index in [-0.39, 0.29) is 31.1 Å². The minimum Gasteiger partial charge on any atom is -0.493 e. The lowest BCUT2D eigenvalue weighted by Gasteiger charge is -2.26. The van der Waals surface area contributed by atoms with Gasteiger partial charge in [0.2, 0.25) is 11.8 Å². The number of hydrogen-bond acceptors (Lipinski definition) is 12. The van der Waals surface area contributed by atoms with Crippen LogP contribution >= 0.6 is 0 Å². The van der Waals surface area contributed by atoms with Crippen LogP contribution in [0, 0.1) is 0 Å². The number of nitrogens with two attached hydrogens (primary N) is 1. The molecule has 16 heteroatoms. The first-order chi connectivity index (χ1) is 30.9. The first-order valence-electron chi connectivity index (χ1n) is 21.1. The molecule has 0 radical (unpaired) electrons. The Bertz CT molecular complexity index is 2690. The minimum atomic E-state index is -1.06. The predicted molar refractivity (Wildman–Crippen MR) is 241 cm³/mol. The van der Waals surface area contributed by atoms with Gasteiger partial charge in [0.05, 0.1) is 54.8 Å². The lowest BCUT2D eigenvalue weighted by atomic mass is 10.1. The molecule has 0 aromatic heterocycles. The number of rotatable bonds is 12. The van der Waals surface area contributed by atoms with Crippen molar-refractivity contribution in [2.45, 2.75) is 70.3 Å². The zero-order valence-corrected chi connectivity index (χ0v) is 35.8. The van der Waals surface area contributed by atoms with E-state index in [4.69, 9.17) is 24.7 Å². The van der Waals surface area contributed by atoms with E-state index in [1.807, 2.05) is 53.4 Å². The van der Waals surface area contributed by atoms with Crippen molar-refractivity contribution < 1.29 is 43.2 Å². The summed E-state index contributed by atoms with van der Waals surface area (Å²) in [4.78, 5) is 57.2. The van der Waals surface area contributed by atoms with E-state index in [0.29, 0.717) is 75.3 Å². The summed E-state index contributed by atoms with van der Waals surface area (Å²) in [6.07, 6.45) is 0.171. The van der Waals surface area contributed by atoms with Crippen molar-refractivity contribution in [3.05, 3.63) is 124 Å². The van der Waals surface area contributed by atoms with Crippen molar-refractivity contribution in [1.82, 2.24) is 5.32 Å². The molecular formula is C48H49N7O9. The van der Waals surface area contributed by atoms with Crippen LogP contribution in [0.4, 0.5) is 28.4 Å². The van der Waals surface area contributed by atoms with E-state index in [1.165, 1.54) is 21.1 Å². The fraction of sp³-hybridized carbons (Fsp3) is 0.292. The van der Waals surface area contributed by atoms with E-state index in [2.05, 4.69) is 27.3 Å². The van der Waals surface area contributed by atoms with E-state index < -0.39 is 36.2 Å². The molecule has 5 aromatic rings. The molecule has 0 saturated carbocycles. The Balaban J connectivity index is 0.981. The van der Waals surface area contributed by atoms with Crippen molar-refractivity contribution in [2.75, 3.05) is 46.5 Å². The Morgan fingerprint density at radius 1 is 0.750 bits per heavy atom. The Labute approximate surface area is 369 Å². The van der Waals surface area contributed by atoms with E-state index in [0.717, 1.165) is 28.9 Å². The summed E-state index contributed by atoms with van der Waals surface area (Å²) in [6.45, 7) is 3.63. The van der Waals surface area contributed by atoms with Crippen LogP contribution in [0.15, 0.2) is 91.0 Å². The third kappa shape index (κ3) is 7.86. The maximum absolute atomic E-state index is 14.0. The smallest absolute Gasteiger partial charge is 0.260 e.